The van der Waals surface area contributed by atoms with Gasteiger partial charge in [0.15, 0.2) is 5.13 Å². The molecule has 0 bridgehead atoms. The van der Waals surface area contributed by atoms with Crippen molar-refractivity contribution in [1.82, 2.24) is 25.2 Å². The van der Waals surface area contributed by atoms with E-state index in [1.54, 1.807) is 18.5 Å². The van der Waals surface area contributed by atoms with Crippen LogP contribution in [0.1, 0.15) is 10.5 Å². The van der Waals surface area contributed by atoms with E-state index in [4.69, 9.17) is 5.73 Å². The van der Waals surface area contributed by atoms with Crippen molar-refractivity contribution in [3.05, 3.63) is 48.5 Å². The molecule has 0 aromatic carbocycles. The molecule has 1 aliphatic heterocycles. The van der Waals surface area contributed by atoms with Crippen LogP contribution in [0.2, 0.25) is 0 Å². The number of aromatic nitrogens is 3. The third-order valence-electron chi connectivity index (χ3n) is 5.06. The quantitative estimate of drug-likeness (QED) is 0.512. The van der Waals surface area contributed by atoms with Gasteiger partial charge in [0, 0.05) is 69.6 Å². The Hall–Kier alpha value is -3.08. The minimum Gasteiger partial charge on any atom is -0.369 e. The van der Waals surface area contributed by atoms with Gasteiger partial charge in [-0.2, -0.15) is 0 Å². The van der Waals surface area contributed by atoms with Crippen molar-refractivity contribution < 1.29 is 4.79 Å². The van der Waals surface area contributed by atoms with Crippen molar-refractivity contribution in [3.8, 4) is 10.4 Å². The lowest BCUT2D eigenvalue weighted by Gasteiger charge is -2.34. The molecule has 0 aliphatic carbocycles. The number of nitrogens with one attached hydrogen (secondary N) is 2. The number of carbonyl (C=O) groups excluding carboxylic acids is 1. The number of thiazole rings is 1. The van der Waals surface area contributed by atoms with E-state index in [0.29, 0.717) is 18.8 Å². The molecule has 1 saturated heterocycles. The second kappa shape index (κ2) is 9.82. The zero-order valence-electron chi connectivity index (χ0n) is 17.4. The van der Waals surface area contributed by atoms with Crippen molar-refractivity contribution in [1.29, 1.82) is 0 Å². The first-order chi connectivity index (χ1) is 15.1. The fourth-order valence-corrected chi connectivity index (χ4v) is 4.13. The maximum absolute atomic E-state index is 12.1. The van der Waals surface area contributed by atoms with Crippen LogP contribution in [0.4, 0.5) is 16.6 Å². The van der Waals surface area contributed by atoms with Crippen LogP contribution in [-0.4, -0.2) is 72.1 Å². The number of carbonyl (C=O) groups is 1. The molecule has 0 saturated carbocycles. The molecule has 4 heterocycles. The number of pyridine rings is 2. The molecule has 4 N–H and O–H groups in total. The highest BCUT2D eigenvalue weighted by Gasteiger charge is 2.15. The van der Waals surface area contributed by atoms with Gasteiger partial charge in [-0.05, 0) is 30.8 Å². The molecule has 0 radical (unpaired) electrons. The number of nitrogens with two attached hydrogens (primary N) is 1. The van der Waals surface area contributed by atoms with E-state index in [9.17, 15) is 4.79 Å². The van der Waals surface area contributed by atoms with Gasteiger partial charge in [-0.15, -0.1) is 0 Å². The summed E-state index contributed by atoms with van der Waals surface area (Å²) in [5.41, 5.74) is 7.84. The average molecular weight is 439 g/mol. The Morgan fingerprint density at radius 3 is 2.74 bits per heavy atom. The Morgan fingerprint density at radius 2 is 1.94 bits per heavy atom. The highest BCUT2D eigenvalue weighted by Crippen LogP contribution is 2.31. The van der Waals surface area contributed by atoms with Crippen molar-refractivity contribution in [2.45, 2.75) is 0 Å². The van der Waals surface area contributed by atoms with Crippen molar-refractivity contribution >= 4 is 33.9 Å². The summed E-state index contributed by atoms with van der Waals surface area (Å²) in [4.78, 5) is 30.8. The predicted octanol–water partition coefficient (Wildman–Crippen LogP) is 1.78. The maximum Gasteiger partial charge on any atom is 0.269 e. The lowest BCUT2D eigenvalue weighted by molar-refractivity contribution is 0.0950. The van der Waals surface area contributed by atoms with E-state index in [0.717, 1.165) is 53.3 Å². The summed E-state index contributed by atoms with van der Waals surface area (Å²) in [5, 5.41) is 6.77. The van der Waals surface area contributed by atoms with Gasteiger partial charge in [-0.25, -0.2) is 9.97 Å². The summed E-state index contributed by atoms with van der Waals surface area (Å²) in [6, 6.07) is 7.72. The van der Waals surface area contributed by atoms with Crippen LogP contribution in [0.15, 0.2) is 42.9 Å². The maximum atomic E-state index is 12.1. The minimum atomic E-state index is -0.236. The Bertz CT molecular complexity index is 1030. The molecule has 9 nitrogen and oxygen atoms in total. The van der Waals surface area contributed by atoms with Gasteiger partial charge in [-0.3, -0.25) is 9.78 Å². The number of hydrogen-bond acceptors (Lipinski definition) is 9. The number of piperazine rings is 1. The van der Waals surface area contributed by atoms with Gasteiger partial charge in [0.05, 0.1) is 4.88 Å². The molecule has 162 valence electrons. The van der Waals surface area contributed by atoms with Gasteiger partial charge < -0.3 is 26.2 Å². The topological polar surface area (TPSA) is 112 Å². The molecule has 0 unspecified atom stereocenters. The van der Waals surface area contributed by atoms with Gasteiger partial charge in [0.25, 0.3) is 5.91 Å². The van der Waals surface area contributed by atoms with Gasteiger partial charge in [-0.1, -0.05) is 11.3 Å². The number of hydrogen-bond donors (Lipinski definition) is 3. The summed E-state index contributed by atoms with van der Waals surface area (Å²) in [6.07, 6.45) is 5.23. The fraction of sp³-hybridized carbons (Fsp3) is 0.333. The number of rotatable bonds is 7. The average Bonchev–Trinajstić information content (AvgIpc) is 3.27. The smallest absolute Gasteiger partial charge is 0.269 e. The molecular weight excluding hydrogens is 412 g/mol. The second-order valence-corrected chi connectivity index (χ2v) is 8.35. The SMILES string of the molecule is CN1CCN(c2ccnc(Nc3ncc(-c4ccnc(C(=O)NCCN)c4)s3)c2)CC1. The van der Waals surface area contributed by atoms with Crippen LogP contribution < -0.4 is 21.3 Å². The number of nitrogens with zero attached hydrogens (tertiary/aromatic N) is 5. The molecule has 1 aliphatic rings. The Labute approximate surface area is 185 Å². The zero-order valence-corrected chi connectivity index (χ0v) is 18.2. The lowest BCUT2D eigenvalue weighted by Crippen LogP contribution is -2.44. The summed E-state index contributed by atoms with van der Waals surface area (Å²) in [6.45, 7) is 4.92. The minimum absolute atomic E-state index is 0.236. The molecule has 0 atom stereocenters. The fourth-order valence-electron chi connectivity index (χ4n) is 3.31. The number of anilines is 3. The van der Waals surface area contributed by atoms with E-state index >= 15 is 0 Å². The van der Waals surface area contributed by atoms with Crippen LogP contribution in [-0.2, 0) is 0 Å². The van der Waals surface area contributed by atoms with E-state index < -0.39 is 0 Å². The molecule has 1 amide bonds. The Kier molecular flexibility index (Phi) is 6.70. The van der Waals surface area contributed by atoms with E-state index in [-0.39, 0.29) is 5.91 Å². The predicted molar refractivity (Wildman–Crippen MR) is 124 cm³/mol. The Morgan fingerprint density at radius 1 is 1.13 bits per heavy atom. The van der Waals surface area contributed by atoms with Crippen molar-refractivity contribution in [3.63, 3.8) is 0 Å². The molecule has 10 heteroatoms. The highest BCUT2D eigenvalue weighted by molar-refractivity contribution is 7.18. The van der Waals surface area contributed by atoms with Gasteiger partial charge in [0.2, 0.25) is 0 Å². The normalized spacial score (nSPS) is 14.5. The molecule has 0 spiro atoms. The molecule has 3 aromatic heterocycles. The van der Waals surface area contributed by atoms with Gasteiger partial charge >= 0.3 is 0 Å². The summed E-state index contributed by atoms with van der Waals surface area (Å²) < 4.78 is 0. The molecule has 4 rings (SSSR count). The molecular formula is C21H26N8OS. The van der Waals surface area contributed by atoms with Crippen LogP contribution in [0.5, 0.6) is 0 Å². The standard InChI is InChI=1S/C21H26N8OS/c1-28-8-10-29(11-9-28)16-3-6-24-19(13-16)27-21-26-14-18(31-21)15-2-5-23-17(12-15)20(30)25-7-4-22/h2-3,5-6,12-14H,4,7-11,22H2,1H3,(H,25,30)(H,24,26,27). The summed E-state index contributed by atoms with van der Waals surface area (Å²) >= 11 is 1.50. The lowest BCUT2D eigenvalue weighted by atomic mass is 10.2. The first kappa shape index (κ1) is 21.2. The van der Waals surface area contributed by atoms with Crippen molar-refractivity contribution in [2.24, 2.45) is 5.73 Å². The van der Waals surface area contributed by atoms with E-state index in [2.05, 4.69) is 48.5 Å². The van der Waals surface area contributed by atoms with Crippen LogP contribution in [0.25, 0.3) is 10.4 Å². The second-order valence-electron chi connectivity index (χ2n) is 7.32. The highest BCUT2D eigenvalue weighted by atomic mass is 32.1. The third-order valence-corrected chi connectivity index (χ3v) is 6.02. The molecule has 3 aromatic rings. The third kappa shape index (κ3) is 5.35. The molecule has 1 fully saturated rings. The first-order valence-corrected chi connectivity index (χ1v) is 11.0. The van der Waals surface area contributed by atoms with Crippen molar-refractivity contribution in [2.75, 3.05) is 56.5 Å². The largest absolute Gasteiger partial charge is 0.369 e. The van der Waals surface area contributed by atoms with Crippen LogP contribution >= 0.6 is 11.3 Å². The Balaban J connectivity index is 1.45. The molecule has 31 heavy (non-hydrogen) atoms. The summed E-state index contributed by atoms with van der Waals surface area (Å²) in [5.74, 6) is 0.522. The summed E-state index contributed by atoms with van der Waals surface area (Å²) in [7, 11) is 2.15. The van der Waals surface area contributed by atoms with Crippen LogP contribution in [0, 0.1) is 0 Å². The number of likely N-dealkylation sites (N-methyl/N-ethyl adjacent to an activating group) is 1. The van der Waals surface area contributed by atoms with E-state index in [1.807, 2.05) is 18.3 Å². The first-order valence-electron chi connectivity index (χ1n) is 10.2. The number of amides is 1. The monoisotopic (exact) mass is 438 g/mol. The van der Waals surface area contributed by atoms with Gasteiger partial charge in [0.1, 0.15) is 11.5 Å². The zero-order chi connectivity index (χ0) is 21.6. The van der Waals surface area contributed by atoms with E-state index in [1.165, 1.54) is 11.3 Å². The van der Waals surface area contributed by atoms with Crippen LogP contribution in [0.3, 0.4) is 0 Å².